The number of carbonyl (C=O) groups is 1. The Bertz CT molecular complexity index is 340. The zero-order valence-corrected chi connectivity index (χ0v) is 8.85. The Morgan fingerprint density at radius 2 is 1.93 bits per heavy atom. The molecular formula is C10H12ClNO2. The summed E-state index contributed by atoms with van der Waals surface area (Å²) in [6.07, 6.45) is 0.172. The lowest BCUT2D eigenvalue weighted by Gasteiger charge is -2.09. The van der Waals surface area contributed by atoms with Crippen LogP contribution in [-0.2, 0) is 11.2 Å². The molecule has 76 valence electrons. The minimum absolute atomic E-state index is 0.172. The smallest absolute Gasteiger partial charge is 0.247 e. The monoisotopic (exact) mass is 213 g/mol. The molecule has 1 rings (SSSR count). The minimum Gasteiger partial charge on any atom is -0.289 e. The van der Waals surface area contributed by atoms with E-state index in [9.17, 15) is 4.79 Å². The van der Waals surface area contributed by atoms with Gasteiger partial charge in [0.1, 0.15) is 0 Å². The van der Waals surface area contributed by atoms with Crippen molar-refractivity contribution in [2.45, 2.75) is 20.3 Å². The third-order valence-electron chi connectivity index (χ3n) is 2.12. The van der Waals surface area contributed by atoms with E-state index >= 15 is 0 Å². The molecule has 0 aliphatic carbocycles. The second-order valence-electron chi connectivity index (χ2n) is 3.23. The van der Waals surface area contributed by atoms with Crippen molar-refractivity contribution in [2.24, 2.45) is 0 Å². The minimum atomic E-state index is -0.418. The topological polar surface area (TPSA) is 49.3 Å². The quantitative estimate of drug-likeness (QED) is 0.583. The van der Waals surface area contributed by atoms with E-state index in [0.29, 0.717) is 5.02 Å². The molecule has 0 unspecified atom stereocenters. The zero-order chi connectivity index (χ0) is 10.7. The molecule has 2 N–H and O–H groups in total. The second-order valence-corrected chi connectivity index (χ2v) is 3.67. The number of aryl methyl sites for hydroxylation is 2. The summed E-state index contributed by atoms with van der Waals surface area (Å²) in [5.41, 5.74) is 4.43. The molecule has 0 fully saturated rings. The third kappa shape index (κ3) is 2.47. The number of benzene rings is 1. The average molecular weight is 214 g/mol. The van der Waals surface area contributed by atoms with Gasteiger partial charge in [0.2, 0.25) is 5.91 Å². The highest BCUT2D eigenvalue weighted by atomic mass is 35.5. The first-order valence-corrected chi connectivity index (χ1v) is 4.61. The number of hydrogen-bond donors (Lipinski definition) is 2. The van der Waals surface area contributed by atoms with Crippen LogP contribution in [0.5, 0.6) is 0 Å². The van der Waals surface area contributed by atoms with Gasteiger partial charge in [0.05, 0.1) is 6.42 Å². The van der Waals surface area contributed by atoms with Crippen molar-refractivity contribution >= 4 is 17.5 Å². The van der Waals surface area contributed by atoms with Gasteiger partial charge in [0.15, 0.2) is 0 Å². The molecule has 4 heteroatoms. The highest BCUT2D eigenvalue weighted by Crippen LogP contribution is 2.20. The fourth-order valence-electron chi connectivity index (χ4n) is 1.42. The fourth-order valence-corrected chi connectivity index (χ4v) is 1.75. The van der Waals surface area contributed by atoms with Crippen molar-refractivity contribution < 1.29 is 10.0 Å². The first-order chi connectivity index (χ1) is 6.54. The van der Waals surface area contributed by atoms with Gasteiger partial charge in [-0.25, -0.2) is 5.48 Å². The van der Waals surface area contributed by atoms with Crippen LogP contribution in [0.2, 0.25) is 5.02 Å². The molecule has 0 aliphatic heterocycles. The Morgan fingerprint density at radius 1 is 1.43 bits per heavy atom. The largest absolute Gasteiger partial charge is 0.289 e. The summed E-state index contributed by atoms with van der Waals surface area (Å²) in [7, 11) is 0. The Labute approximate surface area is 87.7 Å². The van der Waals surface area contributed by atoms with Gasteiger partial charge in [0, 0.05) is 5.02 Å². The van der Waals surface area contributed by atoms with E-state index in [1.807, 2.05) is 13.8 Å². The molecule has 14 heavy (non-hydrogen) atoms. The number of hydroxylamine groups is 1. The van der Waals surface area contributed by atoms with Crippen LogP contribution in [-0.4, -0.2) is 11.1 Å². The molecule has 0 saturated carbocycles. The summed E-state index contributed by atoms with van der Waals surface area (Å²) in [4.78, 5) is 11.0. The number of halogens is 1. The van der Waals surface area contributed by atoms with E-state index in [2.05, 4.69) is 0 Å². The maximum absolute atomic E-state index is 11.0. The second kappa shape index (κ2) is 4.44. The van der Waals surface area contributed by atoms with Gasteiger partial charge < -0.3 is 0 Å². The normalized spacial score (nSPS) is 10.0. The fraction of sp³-hybridized carbons (Fsp3) is 0.300. The van der Waals surface area contributed by atoms with E-state index in [1.165, 1.54) is 0 Å². The Balaban J connectivity index is 3.02. The van der Waals surface area contributed by atoms with Gasteiger partial charge in [0.25, 0.3) is 0 Å². The molecular weight excluding hydrogens is 202 g/mol. The maximum atomic E-state index is 11.0. The summed E-state index contributed by atoms with van der Waals surface area (Å²) >= 11 is 5.84. The van der Waals surface area contributed by atoms with Crippen molar-refractivity contribution in [1.82, 2.24) is 5.48 Å². The molecule has 1 aromatic rings. The Kier molecular flexibility index (Phi) is 3.49. The zero-order valence-electron chi connectivity index (χ0n) is 8.10. The van der Waals surface area contributed by atoms with Crippen LogP contribution in [0, 0.1) is 13.8 Å². The summed E-state index contributed by atoms with van der Waals surface area (Å²) in [6.45, 7) is 3.78. The van der Waals surface area contributed by atoms with Crippen LogP contribution < -0.4 is 5.48 Å². The standard InChI is InChI=1S/C10H12ClNO2/c1-6-3-8(11)4-7(2)9(6)5-10(13)12-14/h3-4,14H,5H2,1-2H3,(H,12,13). The first-order valence-electron chi connectivity index (χ1n) is 4.23. The number of hydrogen-bond acceptors (Lipinski definition) is 2. The molecule has 1 amide bonds. The molecule has 0 radical (unpaired) electrons. The van der Waals surface area contributed by atoms with E-state index in [-0.39, 0.29) is 6.42 Å². The number of amides is 1. The molecule has 0 bridgehead atoms. The van der Waals surface area contributed by atoms with E-state index in [4.69, 9.17) is 16.8 Å². The third-order valence-corrected chi connectivity index (χ3v) is 2.34. The number of rotatable bonds is 2. The molecule has 1 aromatic carbocycles. The van der Waals surface area contributed by atoms with Crippen molar-refractivity contribution in [1.29, 1.82) is 0 Å². The van der Waals surface area contributed by atoms with Crippen LogP contribution >= 0.6 is 11.6 Å². The predicted molar refractivity (Wildman–Crippen MR) is 54.6 cm³/mol. The molecule has 0 heterocycles. The molecule has 0 atom stereocenters. The predicted octanol–water partition coefficient (Wildman–Crippen LogP) is 2.00. The summed E-state index contributed by atoms with van der Waals surface area (Å²) in [5, 5.41) is 9.07. The van der Waals surface area contributed by atoms with Crippen LogP contribution in [0.25, 0.3) is 0 Å². The van der Waals surface area contributed by atoms with E-state index in [1.54, 1.807) is 17.6 Å². The highest BCUT2D eigenvalue weighted by molar-refractivity contribution is 6.30. The SMILES string of the molecule is Cc1cc(Cl)cc(C)c1CC(=O)NO. The number of nitrogens with one attached hydrogen (secondary N) is 1. The maximum Gasteiger partial charge on any atom is 0.247 e. The lowest BCUT2D eigenvalue weighted by atomic mass is 10.00. The van der Waals surface area contributed by atoms with E-state index < -0.39 is 5.91 Å². The van der Waals surface area contributed by atoms with Gasteiger partial charge in [-0.3, -0.25) is 10.0 Å². The molecule has 0 saturated heterocycles. The van der Waals surface area contributed by atoms with Gasteiger partial charge in [-0.15, -0.1) is 0 Å². The first kappa shape index (κ1) is 11.0. The molecule has 0 aromatic heterocycles. The van der Waals surface area contributed by atoms with Crippen LogP contribution in [0.4, 0.5) is 0 Å². The number of carbonyl (C=O) groups excluding carboxylic acids is 1. The van der Waals surface area contributed by atoms with E-state index in [0.717, 1.165) is 16.7 Å². The van der Waals surface area contributed by atoms with Gasteiger partial charge >= 0.3 is 0 Å². The Hall–Kier alpha value is -1.06. The van der Waals surface area contributed by atoms with Crippen molar-refractivity contribution in [3.63, 3.8) is 0 Å². The lowest BCUT2D eigenvalue weighted by Crippen LogP contribution is -2.21. The van der Waals surface area contributed by atoms with Gasteiger partial charge in [-0.2, -0.15) is 0 Å². The van der Waals surface area contributed by atoms with Crippen LogP contribution in [0.1, 0.15) is 16.7 Å². The highest BCUT2D eigenvalue weighted by Gasteiger charge is 2.08. The van der Waals surface area contributed by atoms with Gasteiger partial charge in [-0.05, 0) is 42.7 Å². The summed E-state index contributed by atoms with van der Waals surface area (Å²) < 4.78 is 0. The summed E-state index contributed by atoms with van der Waals surface area (Å²) in [5.74, 6) is -0.418. The molecule has 0 spiro atoms. The van der Waals surface area contributed by atoms with Crippen molar-refractivity contribution in [2.75, 3.05) is 0 Å². The average Bonchev–Trinajstić information content (AvgIpc) is 2.10. The van der Waals surface area contributed by atoms with Crippen LogP contribution in [0.15, 0.2) is 12.1 Å². The molecule has 0 aliphatic rings. The lowest BCUT2D eigenvalue weighted by molar-refractivity contribution is -0.128. The Morgan fingerprint density at radius 3 is 2.36 bits per heavy atom. The molecule has 3 nitrogen and oxygen atoms in total. The van der Waals surface area contributed by atoms with Crippen molar-refractivity contribution in [3.05, 3.63) is 33.8 Å². The van der Waals surface area contributed by atoms with Gasteiger partial charge in [-0.1, -0.05) is 11.6 Å². The van der Waals surface area contributed by atoms with Crippen molar-refractivity contribution in [3.8, 4) is 0 Å². The summed E-state index contributed by atoms with van der Waals surface area (Å²) in [6, 6.07) is 3.60. The van der Waals surface area contributed by atoms with Crippen LogP contribution in [0.3, 0.4) is 0 Å².